The molecule has 9 nitrogen and oxygen atoms in total. The lowest BCUT2D eigenvalue weighted by atomic mass is 10.1. The second kappa shape index (κ2) is 8.20. The van der Waals surface area contributed by atoms with Gasteiger partial charge in [-0.15, -0.1) is 0 Å². The third-order valence-corrected chi connectivity index (χ3v) is 3.31. The molecule has 0 aliphatic carbocycles. The molecule has 1 aromatic heterocycles. The number of nitro groups is 2. The predicted molar refractivity (Wildman–Crippen MR) is 91.4 cm³/mol. The summed E-state index contributed by atoms with van der Waals surface area (Å²) in [6.45, 7) is 0. The van der Waals surface area contributed by atoms with Gasteiger partial charge in [0.2, 0.25) is 0 Å². The molecule has 0 aliphatic rings. The number of hydrogen-bond acceptors (Lipinski definition) is 6. The van der Waals surface area contributed by atoms with Gasteiger partial charge in [-0.2, -0.15) is 0 Å². The minimum atomic E-state index is -0.949. The number of aromatic nitrogens is 1. The Morgan fingerprint density at radius 1 is 0.808 bits per heavy atom. The molecule has 0 fully saturated rings. The molecule has 0 amide bonds. The number of benzene rings is 2. The standard InChI is InChI=1S/C11H11N2.C6H4N2O5/c12-13-8-6-11(7-9-13)10-4-2-1-3-5-10;9-6-2-1-4(7(10)11)3-5(6)8(12)13/h1-9H,12H2;1-3,9H/q+1;/p-1. The van der Waals surface area contributed by atoms with Crippen LogP contribution in [0.15, 0.2) is 73.1 Å². The number of non-ortho nitro benzene ring substituents is 1. The Bertz CT molecular complexity index is 914. The van der Waals surface area contributed by atoms with Crippen LogP contribution in [0.25, 0.3) is 11.1 Å². The van der Waals surface area contributed by atoms with E-state index in [1.165, 1.54) is 15.8 Å². The van der Waals surface area contributed by atoms with Crippen molar-refractivity contribution in [1.82, 2.24) is 0 Å². The van der Waals surface area contributed by atoms with Gasteiger partial charge >= 0.3 is 0 Å². The molecule has 0 atom stereocenters. The van der Waals surface area contributed by atoms with Gasteiger partial charge in [0.1, 0.15) is 0 Å². The number of nitro benzene ring substituents is 2. The van der Waals surface area contributed by atoms with Crippen LogP contribution in [0.2, 0.25) is 0 Å². The molecule has 1 heterocycles. The van der Waals surface area contributed by atoms with Gasteiger partial charge in [-0.05, 0) is 16.9 Å². The van der Waals surface area contributed by atoms with E-state index in [1.54, 1.807) is 0 Å². The minimum Gasteiger partial charge on any atom is -0.868 e. The van der Waals surface area contributed by atoms with Crippen LogP contribution < -0.4 is 15.6 Å². The zero-order valence-corrected chi connectivity index (χ0v) is 13.4. The first-order valence-electron chi connectivity index (χ1n) is 7.30. The summed E-state index contributed by atoms with van der Waals surface area (Å²) in [5.41, 5.74) is 1.14. The Labute approximate surface area is 147 Å². The molecule has 0 saturated heterocycles. The average Bonchev–Trinajstić information content (AvgIpc) is 2.63. The largest absolute Gasteiger partial charge is 0.868 e. The van der Waals surface area contributed by atoms with Crippen molar-refractivity contribution in [2.24, 2.45) is 0 Å². The van der Waals surface area contributed by atoms with Crippen molar-refractivity contribution in [3.05, 3.63) is 93.3 Å². The third-order valence-electron chi connectivity index (χ3n) is 3.31. The Hall–Kier alpha value is -4.01. The summed E-state index contributed by atoms with van der Waals surface area (Å²) in [7, 11) is 0. The van der Waals surface area contributed by atoms with Crippen molar-refractivity contribution in [1.29, 1.82) is 0 Å². The summed E-state index contributed by atoms with van der Waals surface area (Å²) in [5.74, 6) is 4.68. The average molecular weight is 354 g/mol. The van der Waals surface area contributed by atoms with Gasteiger partial charge in [-0.3, -0.25) is 20.2 Å². The Kier molecular flexibility index (Phi) is 5.78. The first-order chi connectivity index (χ1) is 12.4. The van der Waals surface area contributed by atoms with Gasteiger partial charge in [0.05, 0.1) is 15.9 Å². The molecule has 3 rings (SSSR count). The predicted octanol–water partition coefficient (Wildman–Crippen LogP) is 1.93. The summed E-state index contributed by atoms with van der Waals surface area (Å²) < 4.78 is 1.53. The summed E-state index contributed by atoms with van der Waals surface area (Å²) >= 11 is 0. The van der Waals surface area contributed by atoms with Gasteiger partial charge in [-0.25, -0.2) is 5.84 Å². The van der Waals surface area contributed by atoms with Gasteiger partial charge in [0.25, 0.3) is 11.4 Å². The maximum Gasteiger partial charge on any atom is 0.276 e. The first-order valence-corrected chi connectivity index (χ1v) is 7.30. The first kappa shape index (κ1) is 18.3. The van der Waals surface area contributed by atoms with Gasteiger partial charge in [0, 0.05) is 18.2 Å². The molecule has 0 aliphatic heterocycles. The van der Waals surface area contributed by atoms with E-state index in [0.29, 0.717) is 6.07 Å². The molecule has 0 radical (unpaired) electrons. The summed E-state index contributed by atoms with van der Waals surface area (Å²) in [5, 5.41) is 31.1. The summed E-state index contributed by atoms with van der Waals surface area (Å²) in [6, 6.07) is 16.6. The lowest BCUT2D eigenvalue weighted by Crippen LogP contribution is -2.43. The highest BCUT2D eigenvalue weighted by molar-refractivity contribution is 5.61. The molecule has 0 spiro atoms. The lowest BCUT2D eigenvalue weighted by Gasteiger charge is -2.03. The molecule has 26 heavy (non-hydrogen) atoms. The van der Waals surface area contributed by atoms with E-state index >= 15 is 0 Å². The highest BCUT2D eigenvalue weighted by Crippen LogP contribution is 2.27. The van der Waals surface area contributed by atoms with E-state index in [1.807, 2.05) is 42.7 Å². The molecule has 0 unspecified atom stereocenters. The number of nitrogen functional groups attached to an aromatic ring is 1. The van der Waals surface area contributed by atoms with E-state index in [-0.39, 0.29) is 0 Å². The summed E-state index contributed by atoms with van der Waals surface area (Å²) in [6.07, 6.45) is 3.67. The zero-order chi connectivity index (χ0) is 19.1. The molecule has 3 aromatic rings. The maximum absolute atomic E-state index is 10.8. The van der Waals surface area contributed by atoms with E-state index in [9.17, 15) is 25.3 Å². The van der Waals surface area contributed by atoms with Gasteiger partial charge in [-0.1, -0.05) is 41.1 Å². The van der Waals surface area contributed by atoms with Crippen molar-refractivity contribution >= 4 is 11.4 Å². The Morgan fingerprint density at radius 2 is 1.38 bits per heavy atom. The zero-order valence-electron chi connectivity index (χ0n) is 13.4. The van der Waals surface area contributed by atoms with E-state index in [4.69, 9.17) is 5.84 Å². The number of nitrogens with zero attached hydrogens (tertiary/aromatic N) is 3. The molecular weight excluding hydrogens is 340 g/mol. The van der Waals surface area contributed by atoms with Crippen LogP contribution in [0.1, 0.15) is 0 Å². The van der Waals surface area contributed by atoms with Crippen LogP contribution >= 0.6 is 0 Å². The number of pyridine rings is 1. The fourth-order valence-electron chi connectivity index (χ4n) is 2.02. The number of rotatable bonds is 3. The second-order valence-electron chi connectivity index (χ2n) is 5.07. The van der Waals surface area contributed by atoms with Crippen LogP contribution in [0.3, 0.4) is 0 Å². The molecule has 0 bridgehead atoms. The summed E-state index contributed by atoms with van der Waals surface area (Å²) in [4.78, 5) is 18.6. The maximum atomic E-state index is 10.8. The smallest absolute Gasteiger partial charge is 0.276 e. The van der Waals surface area contributed by atoms with E-state index < -0.39 is 27.0 Å². The molecule has 2 aromatic carbocycles. The fraction of sp³-hybridized carbons (Fsp3) is 0. The highest BCUT2D eigenvalue weighted by Gasteiger charge is 2.13. The van der Waals surface area contributed by atoms with Crippen LogP contribution in [-0.4, -0.2) is 9.85 Å². The van der Waals surface area contributed by atoms with Crippen LogP contribution in [0, 0.1) is 20.2 Å². The van der Waals surface area contributed by atoms with Crippen LogP contribution in [0.5, 0.6) is 5.75 Å². The molecular formula is C17H14N4O5. The quantitative estimate of drug-likeness (QED) is 0.330. The topological polar surface area (TPSA) is 139 Å². The Balaban J connectivity index is 0.000000187. The van der Waals surface area contributed by atoms with E-state index in [2.05, 4.69) is 12.1 Å². The Morgan fingerprint density at radius 3 is 1.92 bits per heavy atom. The normalized spacial score (nSPS) is 9.69. The van der Waals surface area contributed by atoms with Crippen LogP contribution in [-0.2, 0) is 0 Å². The lowest BCUT2D eigenvalue weighted by molar-refractivity contribution is -0.638. The van der Waals surface area contributed by atoms with Gasteiger partial charge < -0.3 is 5.11 Å². The highest BCUT2D eigenvalue weighted by atomic mass is 16.6. The molecule has 9 heteroatoms. The van der Waals surface area contributed by atoms with Crippen molar-refractivity contribution in [3.63, 3.8) is 0 Å². The molecule has 132 valence electrons. The van der Waals surface area contributed by atoms with Crippen molar-refractivity contribution < 1.29 is 19.6 Å². The van der Waals surface area contributed by atoms with Gasteiger partial charge in [0.15, 0.2) is 12.4 Å². The number of hydrogen-bond donors (Lipinski definition) is 1. The monoisotopic (exact) mass is 354 g/mol. The number of nitrogens with two attached hydrogens (primary N) is 1. The SMILES string of the molecule is N[n+]1ccc(-c2ccccc2)cc1.O=[N+]([O-])c1ccc([O-])c([N+](=O)[O-])c1. The van der Waals surface area contributed by atoms with E-state index in [0.717, 1.165) is 12.1 Å². The second-order valence-corrected chi connectivity index (χ2v) is 5.07. The fourth-order valence-corrected chi connectivity index (χ4v) is 2.02. The van der Waals surface area contributed by atoms with Crippen molar-refractivity contribution in [3.8, 4) is 16.9 Å². The van der Waals surface area contributed by atoms with Crippen molar-refractivity contribution in [2.45, 2.75) is 0 Å². The molecule has 0 saturated carbocycles. The van der Waals surface area contributed by atoms with Crippen LogP contribution in [0.4, 0.5) is 11.4 Å². The minimum absolute atomic E-state index is 0.466. The third kappa shape index (κ3) is 4.74. The molecule has 2 N–H and O–H groups in total. The van der Waals surface area contributed by atoms with Crippen molar-refractivity contribution in [2.75, 3.05) is 5.84 Å².